The molecule has 308 valence electrons. The van der Waals surface area contributed by atoms with Crippen LogP contribution in [-0.2, 0) is 19.1 Å². The minimum absolute atomic E-state index is 0.0241. The van der Waals surface area contributed by atoms with Crippen LogP contribution in [0.2, 0.25) is 0 Å². The van der Waals surface area contributed by atoms with Crippen LogP contribution in [0.3, 0.4) is 0 Å². The van der Waals surface area contributed by atoms with Gasteiger partial charge in [-0.3, -0.25) is 25.1 Å². The number of ether oxygens (including phenoxy) is 4. The number of hydrogen-bond donors (Lipinski definition) is 8. The number of para-hydroxylation sites is 1. The highest BCUT2D eigenvalue weighted by Crippen LogP contribution is 2.50. The molecule has 4 aliphatic heterocycles. The summed E-state index contributed by atoms with van der Waals surface area (Å²) in [5.41, 5.74) is 1.29. The number of aldehydes is 1. The van der Waals surface area contributed by atoms with Gasteiger partial charge in [0.25, 0.3) is 11.7 Å². The Bertz CT molecular complexity index is 2280. The molecule has 8 N–H and O–H groups in total. The van der Waals surface area contributed by atoms with Crippen molar-refractivity contribution >= 4 is 47.0 Å². The Labute approximate surface area is 336 Å². The third-order valence-electron chi connectivity index (χ3n) is 11.2. The molecular weight excluding hydrogens is 770 g/mol. The average molecular weight is 813 g/mol. The topological polar surface area (TPSA) is 271 Å². The van der Waals surface area contributed by atoms with Gasteiger partial charge >= 0.3 is 0 Å². The van der Waals surface area contributed by atoms with Gasteiger partial charge in [-0.15, -0.1) is 0 Å². The molecule has 1 aliphatic carbocycles. The molecule has 18 nitrogen and oxygen atoms in total. The highest BCUT2D eigenvalue weighted by molar-refractivity contribution is 6.68. The fraction of sp³-hybridized carbons (Fsp3) is 0.390. The molecule has 1 saturated heterocycles. The molecule has 4 heterocycles. The number of amidine groups is 1. The first-order valence-corrected chi connectivity index (χ1v) is 19.2. The van der Waals surface area contributed by atoms with Crippen LogP contribution in [0, 0.1) is 11.3 Å². The summed E-state index contributed by atoms with van der Waals surface area (Å²) >= 11 is 0. The van der Waals surface area contributed by atoms with Crippen LogP contribution in [0.25, 0.3) is 0 Å². The third-order valence-corrected chi connectivity index (χ3v) is 11.2. The highest BCUT2D eigenvalue weighted by atomic mass is 16.7. The molecule has 0 spiro atoms. The molecule has 8 rings (SSSR count). The van der Waals surface area contributed by atoms with Gasteiger partial charge in [0, 0.05) is 46.8 Å². The minimum atomic E-state index is -1.86. The zero-order chi connectivity index (χ0) is 41.5. The number of nitrogens with zero attached hydrogens (tertiary/aromatic N) is 2. The number of nitrogens with one attached hydrogen (secondary N) is 3. The van der Waals surface area contributed by atoms with E-state index in [1.807, 2.05) is 6.07 Å². The number of quaternary nitrogens is 1. The van der Waals surface area contributed by atoms with Crippen LogP contribution in [0.4, 0.5) is 5.69 Å². The molecule has 9 atom stereocenters. The average Bonchev–Trinajstić information content (AvgIpc) is 3.65. The van der Waals surface area contributed by atoms with E-state index in [2.05, 4.69) is 15.3 Å². The smallest absolute Gasteiger partial charge is 0.284 e. The van der Waals surface area contributed by atoms with Crippen LogP contribution < -0.4 is 19.7 Å². The van der Waals surface area contributed by atoms with Crippen LogP contribution in [0.15, 0.2) is 64.6 Å². The number of benzene rings is 3. The number of hydrogen-bond acceptors (Lipinski definition) is 15. The summed E-state index contributed by atoms with van der Waals surface area (Å²) in [6.45, 7) is -1.05. The molecule has 0 saturated carbocycles. The minimum Gasteiger partial charge on any atom is -0.486 e. The Morgan fingerprint density at radius 3 is 2.47 bits per heavy atom. The molecule has 1 unspecified atom stereocenters. The van der Waals surface area contributed by atoms with Gasteiger partial charge in [-0.1, -0.05) is 42.5 Å². The molecule has 59 heavy (non-hydrogen) atoms. The maximum absolute atomic E-state index is 14.5. The Hall–Kier alpha value is -5.57. The number of guanidine groups is 1. The summed E-state index contributed by atoms with van der Waals surface area (Å²) in [4.78, 5) is 62.6. The van der Waals surface area contributed by atoms with Crippen molar-refractivity contribution < 1.29 is 68.6 Å². The number of amides is 1. The highest BCUT2D eigenvalue weighted by Gasteiger charge is 2.49. The van der Waals surface area contributed by atoms with Gasteiger partial charge in [-0.05, 0) is 30.9 Å². The van der Waals surface area contributed by atoms with Crippen molar-refractivity contribution in [2.75, 3.05) is 33.1 Å². The quantitative estimate of drug-likeness (QED) is 0.0887. The lowest BCUT2D eigenvalue weighted by atomic mass is 9.74. The monoisotopic (exact) mass is 812 g/mol. The molecule has 2 bridgehead atoms. The number of ketones is 2. The van der Waals surface area contributed by atoms with E-state index in [0.717, 1.165) is 0 Å². The van der Waals surface area contributed by atoms with Crippen molar-refractivity contribution in [1.29, 1.82) is 5.41 Å². The standard InChI is InChI=1S/C41H41N5O13/c42-41-44-38-30(39(55)45-41)43-18-46(38)26-10-4-3-9-23(26)28-19(6-5-12-47)15-56-17-27-33(52)34(53)35(54)40(58-27)59-36-25(28)14-24-29(37(36)57-16-20(49)11-13-48)32(51)22-8-2-1-7-21(22)31(24)50/h1-4,7-10,13-14,19-20,27-28,33-35,40,47,49,52-54H,5-6,11-12,15-18H2,(H2,42,45,55)/p+1/t19-,20+,27-,28-,33-,34+,35-,40+/m0/s1. The Kier molecular flexibility index (Phi) is 11.3. The van der Waals surface area contributed by atoms with Crippen LogP contribution in [-0.4, -0.2) is 137 Å². The molecule has 3 aromatic carbocycles. The number of carbonyl (C=O) groups is 4. The second-order valence-corrected chi connectivity index (χ2v) is 14.9. The second-order valence-electron chi connectivity index (χ2n) is 14.9. The van der Waals surface area contributed by atoms with Crippen LogP contribution in [0.1, 0.15) is 68.2 Å². The summed E-state index contributed by atoms with van der Waals surface area (Å²) < 4.78 is 25.1. The lowest BCUT2D eigenvalue weighted by Gasteiger charge is -2.40. The lowest BCUT2D eigenvalue weighted by molar-refractivity contribution is -0.723. The summed E-state index contributed by atoms with van der Waals surface area (Å²) in [7, 11) is 0. The van der Waals surface area contributed by atoms with E-state index in [1.165, 1.54) is 18.2 Å². The Morgan fingerprint density at radius 1 is 0.966 bits per heavy atom. The molecular formula is C41H42N5O13+. The number of fused-ring (bicyclic) bond motifs is 6. The van der Waals surface area contributed by atoms with Crippen molar-refractivity contribution in [3.05, 3.63) is 88.0 Å². The Balaban J connectivity index is 1.42. The van der Waals surface area contributed by atoms with Crippen molar-refractivity contribution in [3.8, 4) is 11.5 Å². The van der Waals surface area contributed by atoms with Gasteiger partial charge in [0.05, 0.1) is 24.9 Å². The zero-order valence-electron chi connectivity index (χ0n) is 31.4. The molecule has 1 fully saturated rings. The maximum atomic E-state index is 14.5. The van der Waals surface area contributed by atoms with Gasteiger partial charge in [0.2, 0.25) is 18.0 Å². The van der Waals surface area contributed by atoms with E-state index in [1.54, 1.807) is 30.3 Å². The summed E-state index contributed by atoms with van der Waals surface area (Å²) in [5, 5.41) is 64.7. The van der Waals surface area contributed by atoms with Crippen LogP contribution >= 0.6 is 0 Å². The van der Waals surface area contributed by atoms with Gasteiger partial charge in [0.1, 0.15) is 43.0 Å². The van der Waals surface area contributed by atoms with E-state index < -0.39 is 72.7 Å². The van der Waals surface area contributed by atoms with Crippen molar-refractivity contribution in [1.82, 2.24) is 5.32 Å². The first-order chi connectivity index (χ1) is 28.5. The van der Waals surface area contributed by atoms with Gasteiger partial charge in [0.15, 0.2) is 29.7 Å². The number of aliphatic hydroxyl groups excluding tert-OH is 5. The van der Waals surface area contributed by atoms with Crippen molar-refractivity contribution in [2.45, 2.75) is 62.0 Å². The first kappa shape index (κ1) is 40.2. The second kappa shape index (κ2) is 16.6. The summed E-state index contributed by atoms with van der Waals surface area (Å²) in [6, 6.07) is 14.9. The van der Waals surface area contributed by atoms with E-state index >= 15 is 0 Å². The predicted octanol–water partition coefficient (Wildman–Crippen LogP) is -1.08. The SMILES string of the molecule is N=C1N=C2C(=NC[NH+]2c2ccccc2[C@H]2c3cc4c(c(OC[C@H](O)CC=O)c3O[C@H]3O[C@@H](COC[C@@H]2CCCO)[C@H](O)[C@@H](O)[C@@H]3O)C(=O)c2ccccc2C4=O)C(=O)N1. The van der Waals surface area contributed by atoms with E-state index in [9.17, 15) is 44.7 Å². The number of rotatable bonds is 10. The van der Waals surface area contributed by atoms with E-state index in [4.69, 9.17) is 24.4 Å². The molecule has 0 radical (unpaired) electrons. The molecule has 1 amide bonds. The van der Waals surface area contributed by atoms with Crippen LogP contribution in [0.5, 0.6) is 11.5 Å². The van der Waals surface area contributed by atoms with E-state index in [-0.39, 0.29) is 96.2 Å². The van der Waals surface area contributed by atoms with Gasteiger partial charge in [-0.25, -0.2) is 9.89 Å². The third kappa shape index (κ3) is 7.27. The normalized spacial score (nSPS) is 28.0. The summed E-state index contributed by atoms with van der Waals surface area (Å²) in [5.74, 6) is -3.91. The first-order valence-electron chi connectivity index (χ1n) is 19.2. The number of aliphatic hydroxyl groups is 5. The maximum Gasteiger partial charge on any atom is 0.284 e. The zero-order valence-corrected chi connectivity index (χ0v) is 31.4. The fourth-order valence-electron chi connectivity index (χ4n) is 8.36. The number of carbonyl (C=O) groups excluding carboxylic acids is 4. The fourth-order valence-corrected chi connectivity index (χ4v) is 8.36. The molecule has 18 heteroatoms. The van der Waals surface area contributed by atoms with Gasteiger partial charge in [-0.2, -0.15) is 4.99 Å². The number of aliphatic imine (C=N–C) groups is 2. The largest absolute Gasteiger partial charge is 0.486 e. The van der Waals surface area contributed by atoms with Crippen molar-refractivity contribution in [2.24, 2.45) is 15.9 Å². The molecule has 5 aliphatic rings. The van der Waals surface area contributed by atoms with Crippen molar-refractivity contribution in [3.63, 3.8) is 0 Å². The van der Waals surface area contributed by atoms with Gasteiger partial charge < -0.3 is 49.3 Å². The predicted molar refractivity (Wildman–Crippen MR) is 204 cm³/mol. The van der Waals surface area contributed by atoms with E-state index in [0.29, 0.717) is 28.9 Å². The lowest BCUT2D eigenvalue weighted by Crippen LogP contribution is -3.09. The molecule has 0 aromatic heterocycles. The summed E-state index contributed by atoms with van der Waals surface area (Å²) in [6.07, 6.45) is -8.80. The Morgan fingerprint density at radius 2 is 1.71 bits per heavy atom. The molecule has 3 aromatic rings.